The molecule has 1 aromatic rings. The van der Waals surface area contributed by atoms with E-state index in [0.29, 0.717) is 35.2 Å². The predicted molar refractivity (Wildman–Crippen MR) is 98.5 cm³/mol. The number of carbonyl (C=O) groups excluding carboxylic acids is 1. The van der Waals surface area contributed by atoms with Crippen molar-refractivity contribution in [1.82, 2.24) is 9.80 Å². The highest BCUT2D eigenvalue weighted by atomic mass is 16.5. The number of carbonyl (C=O) groups is 1. The van der Waals surface area contributed by atoms with E-state index in [0.717, 1.165) is 19.5 Å². The summed E-state index contributed by atoms with van der Waals surface area (Å²) in [6.45, 7) is 6.24. The normalized spacial score (nSPS) is 27.4. The number of likely N-dealkylation sites (tertiary alicyclic amines) is 2. The van der Waals surface area contributed by atoms with Crippen molar-refractivity contribution in [3.63, 3.8) is 0 Å². The Morgan fingerprint density at radius 3 is 2.44 bits per heavy atom. The highest BCUT2D eigenvalue weighted by Crippen LogP contribution is 2.33. The lowest BCUT2D eigenvalue weighted by Gasteiger charge is -2.41. The third kappa shape index (κ3) is 3.47. The van der Waals surface area contributed by atoms with Crippen molar-refractivity contribution >= 4 is 5.91 Å². The van der Waals surface area contributed by atoms with Crippen LogP contribution in [-0.2, 0) is 0 Å². The molecule has 2 fully saturated rings. The number of amides is 1. The molecule has 0 unspecified atom stereocenters. The molecule has 25 heavy (non-hydrogen) atoms. The van der Waals surface area contributed by atoms with E-state index in [1.165, 1.54) is 19.3 Å². The highest BCUT2D eigenvalue weighted by Gasteiger charge is 2.37. The molecule has 1 aromatic carbocycles. The topological polar surface area (TPSA) is 42.0 Å². The molecular weight excluding hydrogens is 316 g/mol. The van der Waals surface area contributed by atoms with E-state index >= 15 is 0 Å². The second kappa shape index (κ2) is 7.65. The van der Waals surface area contributed by atoms with Gasteiger partial charge in [0.2, 0.25) is 0 Å². The zero-order valence-electron chi connectivity index (χ0n) is 15.8. The molecule has 1 amide bonds. The molecule has 0 radical (unpaired) electrons. The molecule has 2 aliphatic rings. The van der Waals surface area contributed by atoms with Crippen molar-refractivity contribution in [3.8, 4) is 11.5 Å². The lowest BCUT2D eigenvalue weighted by atomic mass is 10.0. The highest BCUT2D eigenvalue weighted by molar-refractivity contribution is 5.98. The lowest BCUT2D eigenvalue weighted by molar-refractivity contribution is 0.0484. The summed E-state index contributed by atoms with van der Waals surface area (Å²) in [5, 5.41) is 0. The summed E-state index contributed by atoms with van der Waals surface area (Å²) in [6, 6.07) is 7.18. The van der Waals surface area contributed by atoms with Crippen LogP contribution in [-0.4, -0.2) is 61.1 Å². The van der Waals surface area contributed by atoms with Crippen molar-refractivity contribution in [1.29, 1.82) is 0 Å². The van der Waals surface area contributed by atoms with E-state index in [2.05, 4.69) is 18.7 Å². The first-order valence-corrected chi connectivity index (χ1v) is 9.34. The van der Waals surface area contributed by atoms with Gasteiger partial charge in [0.15, 0.2) is 11.5 Å². The summed E-state index contributed by atoms with van der Waals surface area (Å²) in [6.07, 6.45) is 4.75. The second-order valence-electron chi connectivity index (χ2n) is 7.31. The number of hydrogen-bond acceptors (Lipinski definition) is 4. The predicted octanol–water partition coefficient (Wildman–Crippen LogP) is 3.18. The Bertz CT molecular complexity index is 609. The number of nitrogens with zero attached hydrogens (tertiary/aromatic N) is 2. The Morgan fingerprint density at radius 2 is 1.80 bits per heavy atom. The van der Waals surface area contributed by atoms with Gasteiger partial charge >= 0.3 is 0 Å². The van der Waals surface area contributed by atoms with Gasteiger partial charge in [0.05, 0.1) is 19.8 Å². The van der Waals surface area contributed by atoms with Gasteiger partial charge in [0.25, 0.3) is 5.91 Å². The van der Waals surface area contributed by atoms with Crippen LogP contribution >= 0.6 is 0 Å². The fourth-order valence-corrected chi connectivity index (χ4v) is 4.54. The van der Waals surface area contributed by atoms with Crippen LogP contribution in [0.5, 0.6) is 11.5 Å². The van der Waals surface area contributed by atoms with Gasteiger partial charge in [-0.2, -0.15) is 0 Å². The molecule has 0 bridgehead atoms. The van der Waals surface area contributed by atoms with Crippen LogP contribution < -0.4 is 9.47 Å². The Balaban J connectivity index is 1.79. The number of ether oxygens (including phenoxy) is 2. The largest absolute Gasteiger partial charge is 0.493 e. The summed E-state index contributed by atoms with van der Waals surface area (Å²) in [7, 11) is 3.18. The molecular formula is C20H30N2O3. The fourth-order valence-electron chi connectivity index (χ4n) is 4.54. The van der Waals surface area contributed by atoms with E-state index in [-0.39, 0.29) is 5.91 Å². The van der Waals surface area contributed by atoms with Crippen LogP contribution in [0, 0.1) is 0 Å². The average molecular weight is 346 g/mol. The van der Waals surface area contributed by atoms with E-state index in [4.69, 9.17) is 9.47 Å². The zero-order valence-corrected chi connectivity index (χ0v) is 15.8. The van der Waals surface area contributed by atoms with E-state index in [9.17, 15) is 4.79 Å². The zero-order chi connectivity index (χ0) is 18.0. The first-order valence-electron chi connectivity index (χ1n) is 9.34. The monoisotopic (exact) mass is 346 g/mol. The van der Waals surface area contributed by atoms with Gasteiger partial charge in [0, 0.05) is 31.2 Å². The van der Waals surface area contributed by atoms with Gasteiger partial charge < -0.3 is 14.4 Å². The van der Waals surface area contributed by atoms with Gasteiger partial charge in [0.1, 0.15) is 0 Å². The summed E-state index contributed by atoms with van der Waals surface area (Å²) < 4.78 is 10.8. The average Bonchev–Trinajstić information content (AvgIpc) is 2.98. The third-order valence-electron chi connectivity index (χ3n) is 5.76. The number of hydrogen-bond donors (Lipinski definition) is 0. The summed E-state index contributed by atoms with van der Waals surface area (Å²) in [5.74, 6) is 1.17. The molecule has 0 aliphatic carbocycles. The molecule has 0 aromatic heterocycles. The SMILES string of the molecule is COc1cccc(C(=O)N2CCC[C@H](N3[C@H](C)CC[C@@H]3C)C2)c1OC. The molecule has 0 saturated carbocycles. The van der Waals surface area contributed by atoms with Crippen LogP contribution in [0.25, 0.3) is 0 Å². The summed E-state index contributed by atoms with van der Waals surface area (Å²) in [5.41, 5.74) is 0.588. The maximum Gasteiger partial charge on any atom is 0.257 e. The Hall–Kier alpha value is -1.75. The molecule has 0 spiro atoms. The minimum absolute atomic E-state index is 0.0416. The molecule has 2 aliphatic heterocycles. The van der Waals surface area contributed by atoms with Gasteiger partial charge in [-0.15, -0.1) is 0 Å². The molecule has 3 rings (SSSR count). The van der Waals surface area contributed by atoms with E-state index in [1.807, 2.05) is 23.1 Å². The Morgan fingerprint density at radius 1 is 1.08 bits per heavy atom. The molecule has 2 heterocycles. The quantitative estimate of drug-likeness (QED) is 0.840. The van der Waals surface area contributed by atoms with Gasteiger partial charge in [-0.05, 0) is 51.7 Å². The van der Waals surface area contributed by atoms with Gasteiger partial charge in [-0.25, -0.2) is 0 Å². The van der Waals surface area contributed by atoms with Gasteiger partial charge in [-0.1, -0.05) is 6.07 Å². The van der Waals surface area contributed by atoms with Crippen molar-refractivity contribution in [2.75, 3.05) is 27.3 Å². The summed E-state index contributed by atoms with van der Waals surface area (Å²) >= 11 is 0. The van der Waals surface area contributed by atoms with Crippen LogP contribution in [0.2, 0.25) is 0 Å². The minimum atomic E-state index is 0.0416. The first-order chi connectivity index (χ1) is 12.1. The molecule has 3 atom stereocenters. The number of benzene rings is 1. The van der Waals surface area contributed by atoms with Crippen LogP contribution in [0.15, 0.2) is 18.2 Å². The van der Waals surface area contributed by atoms with Crippen molar-refractivity contribution in [2.45, 2.75) is 57.7 Å². The molecule has 5 nitrogen and oxygen atoms in total. The van der Waals surface area contributed by atoms with Crippen LogP contribution in [0.3, 0.4) is 0 Å². The molecule has 5 heteroatoms. The molecule has 2 saturated heterocycles. The smallest absolute Gasteiger partial charge is 0.257 e. The molecule has 138 valence electrons. The van der Waals surface area contributed by atoms with Gasteiger partial charge in [-0.3, -0.25) is 9.69 Å². The fraction of sp³-hybridized carbons (Fsp3) is 0.650. The van der Waals surface area contributed by atoms with Crippen molar-refractivity contribution < 1.29 is 14.3 Å². The third-order valence-corrected chi connectivity index (χ3v) is 5.76. The van der Waals surface area contributed by atoms with E-state index in [1.54, 1.807) is 14.2 Å². The van der Waals surface area contributed by atoms with Crippen LogP contribution in [0.4, 0.5) is 0 Å². The Labute approximate surface area is 150 Å². The number of methoxy groups -OCH3 is 2. The Kier molecular flexibility index (Phi) is 5.52. The van der Waals surface area contributed by atoms with E-state index < -0.39 is 0 Å². The summed E-state index contributed by atoms with van der Waals surface area (Å²) in [4.78, 5) is 17.8. The second-order valence-corrected chi connectivity index (χ2v) is 7.31. The standard InChI is InChI=1S/C20H30N2O3/c1-14-10-11-15(2)22(14)16-7-6-12-21(13-16)20(23)17-8-5-9-18(24-3)19(17)25-4/h5,8-9,14-16H,6-7,10-13H2,1-4H3/t14-,15+,16-/m0/s1. The lowest BCUT2D eigenvalue weighted by Crippen LogP contribution is -2.52. The maximum atomic E-state index is 13.1. The number of para-hydroxylation sites is 1. The number of rotatable bonds is 4. The van der Waals surface area contributed by atoms with Crippen molar-refractivity contribution in [3.05, 3.63) is 23.8 Å². The maximum absolute atomic E-state index is 13.1. The minimum Gasteiger partial charge on any atom is -0.493 e. The van der Waals surface area contributed by atoms with Crippen molar-refractivity contribution in [2.24, 2.45) is 0 Å². The molecule has 0 N–H and O–H groups in total. The van der Waals surface area contributed by atoms with Crippen LogP contribution in [0.1, 0.15) is 49.9 Å². The number of piperidine rings is 1. The first kappa shape index (κ1) is 18.1.